The number of halogens is 1. The van der Waals surface area contributed by atoms with E-state index in [1.807, 2.05) is 24.4 Å². The lowest BCUT2D eigenvalue weighted by Gasteiger charge is -2.22. The lowest BCUT2D eigenvalue weighted by Crippen LogP contribution is -2.27. The van der Waals surface area contributed by atoms with Gasteiger partial charge >= 0.3 is 0 Å². The number of imidazole rings is 1. The molecule has 1 N–H and O–H groups in total. The van der Waals surface area contributed by atoms with Gasteiger partial charge in [0, 0.05) is 22.1 Å². The SMILES string of the molecule is O=c1nc2n(C3CCCC3)c3cc(C4CCNCC4)ncc3n2c2cccc(Br)c12. The van der Waals surface area contributed by atoms with Crippen LogP contribution in [0.25, 0.3) is 27.7 Å². The molecule has 1 aliphatic heterocycles. The van der Waals surface area contributed by atoms with E-state index in [-0.39, 0.29) is 5.56 Å². The number of hydrogen-bond acceptors (Lipinski definition) is 4. The quantitative estimate of drug-likeness (QED) is 0.471. The maximum atomic E-state index is 13.0. The summed E-state index contributed by atoms with van der Waals surface area (Å²) in [5.74, 6) is 1.24. The summed E-state index contributed by atoms with van der Waals surface area (Å²) in [6.45, 7) is 2.09. The van der Waals surface area contributed by atoms with Crippen molar-refractivity contribution in [3.8, 4) is 0 Å². The van der Waals surface area contributed by atoms with Gasteiger partial charge in [-0.3, -0.25) is 14.2 Å². The van der Waals surface area contributed by atoms with Crippen molar-refractivity contribution in [2.24, 2.45) is 0 Å². The van der Waals surface area contributed by atoms with Crippen LogP contribution in [-0.2, 0) is 0 Å². The van der Waals surface area contributed by atoms with Crippen LogP contribution in [0.4, 0.5) is 0 Å². The van der Waals surface area contributed by atoms with Crippen molar-refractivity contribution in [1.29, 1.82) is 0 Å². The van der Waals surface area contributed by atoms with Crippen LogP contribution in [0.5, 0.6) is 0 Å². The van der Waals surface area contributed by atoms with Crippen LogP contribution in [0.15, 0.2) is 39.7 Å². The van der Waals surface area contributed by atoms with Crippen LogP contribution in [0.2, 0.25) is 0 Å². The Labute approximate surface area is 182 Å². The standard InChI is InChI=1S/C23H24BrN5O/c24-16-6-3-7-18-21(16)22(30)27-23-28(15-4-1-2-5-15)19-12-17(14-8-10-25-11-9-14)26-13-20(19)29(18)23/h3,6-7,12-15,25H,1-2,4-5,8-11H2. The number of rotatable bonds is 2. The van der Waals surface area contributed by atoms with E-state index in [2.05, 4.69) is 41.3 Å². The highest BCUT2D eigenvalue weighted by Gasteiger charge is 2.26. The highest BCUT2D eigenvalue weighted by atomic mass is 79.9. The van der Waals surface area contributed by atoms with E-state index < -0.39 is 0 Å². The molecule has 2 aliphatic rings. The molecule has 4 heterocycles. The van der Waals surface area contributed by atoms with Crippen LogP contribution in [0.1, 0.15) is 56.2 Å². The number of pyridine rings is 1. The predicted molar refractivity (Wildman–Crippen MR) is 122 cm³/mol. The van der Waals surface area contributed by atoms with Crippen molar-refractivity contribution < 1.29 is 0 Å². The largest absolute Gasteiger partial charge is 0.317 e. The van der Waals surface area contributed by atoms with Gasteiger partial charge < -0.3 is 9.88 Å². The summed E-state index contributed by atoms with van der Waals surface area (Å²) in [6.07, 6.45) is 8.96. The Balaban J connectivity index is 1.71. The molecule has 0 spiro atoms. The fourth-order valence-corrected chi connectivity index (χ4v) is 5.93. The molecule has 0 atom stereocenters. The Morgan fingerprint density at radius 1 is 1.03 bits per heavy atom. The van der Waals surface area contributed by atoms with E-state index in [9.17, 15) is 4.79 Å². The molecule has 1 saturated heterocycles. The second kappa shape index (κ2) is 7.17. The van der Waals surface area contributed by atoms with Crippen LogP contribution in [0, 0.1) is 0 Å². The van der Waals surface area contributed by atoms with Gasteiger partial charge in [-0.05, 0) is 72.9 Å². The van der Waals surface area contributed by atoms with Crippen molar-refractivity contribution >= 4 is 43.6 Å². The van der Waals surface area contributed by atoms with Crippen molar-refractivity contribution in [3.63, 3.8) is 0 Å². The average Bonchev–Trinajstić information content (AvgIpc) is 3.39. The third kappa shape index (κ3) is 2.75. The van der Waals surface area contributed by atoms with Crippen molar-refractivity contribution in [1.82, 2.24) is 24.3 Å². The molecule has 1 saturated carbocycles. The lowest BCUT2D eigenvalue weighted by molar-refractivity contribution is 0.453. The molecule has 0 unspecified atom stereocenters. The molecule has 7 heteroatoms. The predicted octanol–water partition coefficient (Wildman–Crippen LogP) is 4.54. The van der Waals surface area contributed by atoms with E-state index in [0.29, 0.717) is 17.3 Å². The van der Waals surface area contributed by atoms with Gasteiger partial charge in [-0.2, -0.15) is 4.98 Å². The number of aromatic nitrogens is 4. The summed E-state index contributed by atoms with van der Waals surface area (Å²) in [7, 11) is 0. The lowest BCUT2D eigenvalue weighted by atomic mass is 9.94. The Morgan fingerprint density at radius 2 is 1.83 bits per heavy atom. The summed E-state index contributed by atoms with van der Waals surface area (Å²) in [5, 5.41) is 4.07. The van der Waals surface area contributed by atoms with E-state index in [4.69, 9.17) is 4.98 Å². The van der Waals surface area contributed by atoms with Gasteiger partial charge in [0.05, 0.1) is 28.1 Å². The summed E-state index contributed by atoms with van der Waals surface area (Å²) < 4.78 is 5.25. The Bertz CT molecular complexity index is 1330. The summed E-state index contributed by atoms with van der Waals surface area (Å²) >= 11 is 3.55. The van der Waals surface area contributed by atoms with Gasteiger partial charge in [-0.1, -0.05) is 18.9 Å². The second-order valence-electron chi connectivity index (χ2n) is 8.62. The number of benzene rings is 1. The molecule has 1 aromatic carbocycles. The van der Waals surface area contributed by atoms with Crippen molar-refractivity contribution in [2.45, 2.75) is 50.5 Å². The van der Waals surface area contributed by atoms with Crippen LogP contribution >= 0.6 is 15.9 Å². The monoisotopic (exact) mass is 465 g/mol. The maximum Gasteiger partial charge on any atom is 0.283 e. The zero-order chi connectivity index (χ0) is 20.2. The number of fused-ring (bicyclic) bond motifs is 5. The molecule has 0 amide bonds. The molecule has 0 bridgehead atoms. The Morgan fingerprint density at radius 3 is 2.63 bits per heavy atom. The van der Waals surface area contributed by atoms with Crippen molar-refractivity contribution in [2.75, 3.05) is 13.1 Å². The fourth-order valence-electron chi connectivity index (χ4n) is 5.40. The molecule has 1 aliphatic carbocycles. The topological polar surface area (TPSA) is 64.2 Å². The van der Waals surface area contributed by atoms with Gasteiger partial charge in [-0.15, -0.1) is 0 Å². The minimum atomic E-state index is -0.175. The molecular formula is C23H24BrN5O. The first-order chi connectivity index (χ1) is 14.7. The minimum Gasteiger partial charge on any atom is -0.317 e. The molecule has 2 fully saturated rings. The van der Waals surface area contributed by atoms with Crippen molar-refractivity contribution in [3.05, 3.63) is 51.0 Å². The molecule has 30 heavy (non-hydrogen) atoms. The summed E-state index contributed by atoms with van der Waals surface area (Å²) in [6, 6.07) is 8.55. The fraction of sp³-hybridized carbons (Fsp3) is 0.435. The van der Waals surface area contributed by atoms with Gasteiger partial charge in [-0.25, -0.2) is 0 Å². The van der Waals surface area contributed by atoms with E-state index in [1.165, 1.54) is 18.5 Å². The Kier molecular flexibility index (Phi) is 4.42. The third-order valence-corrected chi connectivity index (χ3v) is 7.55. The van der Waals surface area contributed by atoms with Crippen LogP contribution in [-0.4, -0.2) is 32.0 Å². The molecular weight excluding hydrogens is 442 g/mol. The van der Waals surface area contributed by atoms with Gasteiger partial charge in [0.25, 0.3) is 5.56 Å². The number of piperidine rings is 1. The normalized spacial score (nSPS) is 18.8. The first kappa shape index (κ1) is 18.5. The molecule has 0 radical (unpaired) electrons. The highest BCUT2D eigenvalue weighted by molar-refractivity contribution is 9.10. The van der Waals surface area contributed by atoms with Crippen LogP contribution < -0.4 is 10.9 Å². The van der Waals surface area contributed by atoms with E-state index >= 15 is 0 Å². The molecule has 4 aromatic rings. The Hall–Kier alpha value is -2.25. The number of nitrogens with one attached hydrogen (secondary N) is 1. The zero-order valence-corrected chi connectivity index (χ0v) is 18.4. The first-order valence-electron chi connectivity index (χ1n) is 10.9. The molecule has 3 aromatic heterocycles. The number of nitrogens with zero attached hydrogens (tertiary/aromatic N) is 4. The third-order valence-electron chi connectivity index (χ3n) is 6.89. The first-order valence-corrected chi connectivity index (χ1v) is 11.7. The average molecular weight is 466 g/mol. The van der Waals surface area contributed by atoms with Gasteiger partial charge in [0.2, 0.25) is 5.78 Å². The van der Waals surface area contributed by atoms with Gasteiger partial charge in [0.15, 0.2) is 0 Å². The van der Waals surface area contributed by atoms with Crippen LogP contribution in [0.3, 0.4) is 0 Å². The molecule has 6 rings (SSSR count). The smallest absolute Gasteiger partial charge is 0.283 e. The highest BCUT2D eigenvalue weighted by Crippen LogP contribution is 2.37. The zero-order valence-electron chi connectivity index (χ0n) is 16.8. The molecule has 154 valence electrons. The summed E-state index contributed by atoms with van der Waals surface area (Å²) in [4.78, 5) is 22.5. The minimum absolute atomic E-state index is 0.175. The number of hydrogen-bond donors (Lipinski definition) is 1. The van der Waals surface area contributed by atoms with E-state index in [0.717, 1.165) is 65.6 Å². The maximum absolute atomic E-state index is 13.0. The van der Waals surface area contributed by atoms with E-state index in [1.54, 1.807) is 0 Å². The summed E-state index contributed by atoms with van der Waals surface area (Å²) in [5.41, 5.74) is 4.07. The van der Waals surface area contributed by atoms with Gasteiger partial charge in [0.1, 0.15) is 0 Å². The molecule has 6 nitrogen and oxygen atoms in total. The second-order valence-corrected chi connectivity index (χ2v) is 9.47.